The van der Waals surface area contributed by atoms with E-state index >= 15 is 0 Å². The number of benzene rings is 2. The third-order valence-corrected chi connectivity index (χ3v) is 6.81. The lowest BCUT2D eigenvalue weighted by Gasteiger charge is -2.08. The molecule has 2 atom stereocenters. The molecule has 6 rings (SSSR count). The van der Waals surface area contributed by atoms with E-state index in [0.29, 0.717) is 18.7 Å². The van der Waals surface area contributed by atoms with Gasteiger partial charge in [0, 0.05) is 0 Å². The first kappa shape index (κ1) is 21.1. The van der Waals surface area contributed by atoms with Crippen LogP contribution in [0.25, 0.3) is 22.5 Å². The van der Waals surface area contributed by atoms with Gasteiger partial charge in [0.1, 0.15) is 24.0 Å². The summed E-state index contributed by atoms with van der Waals surface area (Å²) < 4.78 is 6.02. The number of aromatic nitrogens is 4. The van der Waals surface area contributed by atoms with Crippen LogP contribution < -0.4 is 15.4 Å². The molecule has 0 bridgehead atoms. The van der Waals surface area contributed by atoms with Gasteiger partial charge in [-0.3, -0.25) is 0 Å². The van der Waals surface area contributed by atoms with Crippen LogP contribution in [-0.2, 0) is 6.61 Å². The maximum atomic E-state index is 6.02. The van der Waals surface area contributed by atoms with E-state index in [1.54, 1.807) is 0 Å². The minimum absolute atomic E-state index is 0.349. The number of nitrogens with one attached hydrogen (secondary N) is 4. The molecule has 7 heteroatoms. The summed E-state index contributed by atoms with van der Waals surface area (Å²) in [6.45, 7) is 2.67. The Kier molecular flexibility index (Phi) is 5.87. The highest BCUT2D eigenvalue weighted by atomic mass is 16.5. The normalized spacial score (nSPS) is 20.1. The minimum atomic E-state index is 0.349. The molecule has 4 aromatic rings. The zero-order valence-corrected chi connectivity index (χ0v) is 19.2. The largest absolute Gasteiger partial charge is 0.489 e. The van der Waals surface area contributed by atoms with Crippen LogP contribution in [-0.4, -0.2) is 33.0 Å². The van der Waals surface area contributed by atoms with E-state index < -0.39 is 0 Å². The standard InChI is InChI=1S/C27H30N6O/c1-3-22(28-13-1)26-30-15-24(32-26)19-7-5-18(6-8-19)17-34-21-11-9-20(10-12-21)25-16-31-27(33-25)23-4-2-14-29-23/h5-12,15-16,22-23,28-29H,1-4,13-14,17H2,(H,30,32)(H,31,33)/t22?,23-/m0/s1. The van der Waals surface area contributed by atoms with Crippen LogP contribution >= 0.6 is 0 Å². The lowest BCUT2D eigenvalue weighted by atomic mass is 10.1. The zero-order chi connectivity index (χ0) is 22.7. The van der Waals surface area contributed by atoms with Crippen molar-refractivity contribution in [2.75, 3.05) is 13.1 Å². The maximum absolute atomic E-state index is 6.02. The van der Waals surface area contributed by atoms with E-state index in [1.165, 1.54) is 12.8 Å². The number of ether oxygens (including phenoxy) is 1. The van der Waals surface area contributed by atoms with Crippen LogP contribution in [0.5, 0.6) is 5.75 Å². The summed E-state index contributed by atoms with van der Waals surface area (Å²) >= 11 is 0. The van der Waals surface area contributed by atoms with Crippen LogP contribution in [0.1, 0.15) is 55.0 Å². The van der Waals surface area contributed by atoms with Crippen molar-refractivity contribution in [1.29, 1.82) is 0 Å². The van der Waals surface area contributed by atoms with Gasteiger partial charge in [0.05, 0.1) is 35.9 Å². The first-order chi connectivity index (χ1) is 16.8. The fraction of sp³-hybridized carbons (Fsp3) is 0.333. The Morgan fingerprint density at radius 3 is 1.74 bits per heavy atom. The molecule has 2 aliphatic heterocycles. The summed E-state index contributed by atoms with van der Waals surface area (Å²) in [7, 11) is 0. The molecule has 2 aromatic heterocycles. The monoisotopic (exact) mass is 454 g/mol. The zero-order valence-electron chi connectivity index (χ0n) is 19.2. The maximum Gasteiger partial charge on any atom is 0.123 e. The van der Waals surface area contributed by atoms with E-state index in [-0.39, 0.29) is 0 Å². The molecule has 0 aliphatic carbocycles. The van der Waals surface area contributed by atoms with Crippen molar-refractivity contribution in [1.82, 2.24) is 30.6 Å². The number of rotatable bonds is 7. The van der Waals surface area contributed by atoms with Crippen molar-refractivity contribution in [3.8, 4) is 28.3 Å². The van der Waals surface area contributed by atoms with Crippen LogP contribution in [0, 0.1) is 0 Å². The quantitative estimate of drug-likeness (QED) is 0.319. The number of nitrogens with zero attached hydrogens (tertiary/aromatic N) is 2. The van der Waals surface area contributed by atoms with E-state index in [0.717, 1.165) is 71.4 Å². The molecule has 7 nitrogen and oxygen atoms in total. The Labute approximate surface area is 199 Å². The van der Waals surface area contributed by atoms with Crippen LogP contribution in [0.3, 0.4) is 0 Å². The van der Waals surface area contributed by atoms with Crippen molar-refractivity contribution >= 4 is 0 Å². The fourth-order valence-corrected chi connectivity index (χ4v) is 4.83. The molecule has 2 fully saturated rings. The fourth-order valence-electron chi connectivity index (χ4n) is 4.83. The van der Waals surface area contributed by atoms with Gasteiger partial charge in [-0.15, -0.1) is 0 Å². The van der Waals surface area contributed by atoms with Gasteiger partial charge in [0.25, 0.3) is 0 Å². The van der Waals surface area contributed by atoms with Crippen molar-refractivity contribution in [3.05, 3.63) is 78.1 Å². The number of imidazole rings is 2. The first-order valence-electron chi connectivity index (χ1n) is 12.2. The average Bonchev–Trinajstić information content (AvgIpc) is 3.70. The molecule has 4 N–H and O–H groups in total. The Morgan fingerprint density at radius 2 is 1.24 bits per heavy atom. The molecule has 2 aliphatic rings. The number of H-pyrrole nitrogens is 2. The topological polar surface area (TPSA) is 90.7 Å². The third kappa shape index (κ3) is 4.49. The molecule has 0 amide bonds. The molecule has 0 saturated carbocycles. The predicted molar refractivity (Wildman–Crippen MR) is 132 cm³/mol. The summed E-state index contributed by atoms with van der Waals surface area (Å²) in [4.78, 5) is 16.1. The Balaban J connectivity index is 1.05. The Hall–Kier alpha value is -3.42. The molecule has 1 unspecified atom stereocenters. The highest BCUT2D eigenvalue weighted by Crippen LogP contribution is 2.27. The van der Waals surface area contributed by atoms with E-state index in [2.05, 4.69) is 67.0 Å². The first-order valence-corrected chi connectivity index (χ1v) is 12.2. The smallest absolute Gasteiger partial charge is 0.123 e. The third-order valence-electron chi connectivity index (χ3n) is 6.81. The van der Waals surface area contributed by atoms with Crippen LogP contribution in [0.2, 0.25) is 0 Å². The van der Waals surface area contributed by atoms with E-state index in [4.69, 9.17) is 4.74 Å². The number of hydrogen-bond donors (Lipinski definition) is 4. The molecule has 0 spiro atoms. The molecule has 34 heavy (non-hydrogen) atoms. The highest BCUT2D eigenvalue weighted by Gasteiger charge is 2.20. The van der Waals surface area contributed by atoms with Gasteiger partial charge in [-0.25, -0.2) is 9.97 Å². The molecule has 174 valence electrons. The van der Waals surface area contributed by atoms with Crippen LogP contribution in [0.4, 0.5) is 0 Å². The highest BCUT2D eigenvalue weighted by molar-refractivity contribution is 5.60. The van der Waals surface area contributed by atoms with E-state index in [1.807, 2.05) is 24.5 Å². The average molecular weight is 455 g/mol. The Bertz CT molecular complexity index is 1120. The lowest BCUT2D eigenvalue weighted by molar-refractivity contribution is 0.306. The molecule has 2 saturated heterocycles. The summed E-state index contributed by atoms with van der Waals surface area (Å²) in [6, 6.07) is 17.4. The second-order valence-electron chi connectivity index (χ2n) is 9.17. The lowest BCUT2D eigenvalue weighted by Crippen LogP contribution is -2.14. The summed E-state index contributed by atoms with van der Waals surface area (Å²) in [5.74, 6) is 2.91. The summed E-state index contributed by atoms with van der Waals surface area (Å²) in [6.07, 6.45) is 8.54. The summed E-state index contributed by atoms with van der Waals surface area (Å²) in [5, 5.41) is 6.97. The van der Waals surface area contributed by atoms with Gasteiger partial charge in [0.2, 0.25) is 0 Å². The van der Waals surface area contributed by atoms with Crippen LogP contribution in [0.15, 0.2) is 60.9 Å². The predicted octanol–water partition coefficient (Wildman–Crippen LogP) is 4.89. The summed E-state index contributed by atoms with van der Waals surface area (Å²) in [5.41, 5.74) is 5.47. The molecule has 0 radical (unpaired) electrons. The molecular weight excluding hydrogens is 424 g/mol. The molecule has 2 aromatic carbocycles. The molecule has 4 heterocycles. The van der Waals surface area contributed by atoms with E-state index in [9.17, 15) is 0 Å². The van der Waals surface area contributed by atoms with Gasteiger partial charge in [-0.2, -0.15) is 0 Å². The van der Waals surface area contributed by atoms with Crippen molar-refractivity contribution < 1.29 is 4.74 Å². The SMILES string of the molecule is c1cc(-c2cnc(C3CCCN3)[nH]2)ccc1COc1ccc(-c2cnc([C@@H]3CCCN3)[nH]2)cc1. The number of hydrogen-bond acceptors (Lipinski definition) is 5. The minimum Gasteiger partial charge on any atom is -0.489 e. The molecular formula is C27H30N6O. The number of aromatic amines is 2. The van der Waals surface area contributed by atoms with Crippen molar-refractivity contribution in [2.24, 2.45) is 0 Å². The van der Waals surface area contributed by atoms with Gasteiger partial charge in [-0.1, -0.05) is 24.3 Å². The van der Waals surface area contributed by atoms with Gasteiger partial charge < -0.3 is 25.3 Å². The Morgan fingerprint density at radius 1 is 0.706 bits per heavy atom. The van der Waals surface area contributed by atoms with Gasteiger partial charge in [-0.05, 0) is 79.7 Å². The van der Waals surface area contributed by atoms with Crippen molar-refractivity contribution in [3.63, 3.8) is 0 Å². The van der Waals surface area contributed by atoms with Gasteiger partial charge in [0.15, 0.2) is 0 Å². The second-order valence-corrected chi connectivity index (χ2v) is 9.17. The van der Waals surface area contributed by atoms with Gasteiger partial charge >= 0.3 is 0 Å². The second kappa shape index (κ2) is 9.44. The van der Waals surface area contributed by atoms with Crippen molar-refractivity contribution in [2.45, 2.75) is 44.4 Å².